The van der Waals surface area contributed by atoms with Crippen LogP contribution in [0.25, 0.3) is 124 Å². The summed E-state index contributed by atoms with van der Waals surface area (Å²) in [4.78, 5) is 15.6. The fraction of sp³-hybridized carbons (Fsp3) is 0. The van der Waals surface area contributed by atoms with Crippen molar-refractivity contribution in [1.29, 1.82) is 0 Å². The van der Waals surface area contributed by atoms with Gasteiger partial charge in [0.25, 0.3) is 0 Å². The molecule has 58 heavy (non-hydrogen) atoms. The molecule has 8 aromatic carbocycles. The number of furan rings is 1. The van der Waals surface area contributed by atoms with Gasteiger partial charge in [0.05, 0.1) is 11.0 Å². The molecule has 0 aliphatic heterocycles. The van der Waals surface area contributed by atoms with Crippen molar-refractivity contribution in [3.8, 4) is 39.9 Å². The Kier molecular flexibility index (Phi) is 6.70. The predicted molar refractivity (Wildman–Crippen MR) is 244 cm³/mol. The topological polar surface area (TPSA) is 56.7 Å². The van der Waals surface area contributed by atoms with Crippen LogP contribution in [0.4, 0.5) is 0 Å². The highest BCUT2D eigenvalue weighted by Crippen LogP contribution is 2.48. The zero-order valence-electron chi connectivity index (χ0n) is 30.7. The fourth-order valence-corrected chi connectivity index (χ4v) is 11.4. The third-order valence-electron chi connectivity index (χ3n) is 11.4. The summed E-state index contributed by atoms with van der Waals surface area (Å²) >= 11 is 3.65. The normalized spacial score (nSPS) is 12.1. The molecule has 0 aliphatic carbocycles. The second kappa shape index (κ2) is 12.2. The van der Waals surface area contributed by atoms with Gasteiger partial charge in [-0.2, -0.15) is 0 Å². The van der Waals surface area contributed by atoms with Gasteiger partial charge in [-0.1, -0.05) is 121 Å². The first-order valence-corrected chi connectivity index (χ1v) is 20.9. The molecule has 0 aliphatic rings. The van der Waals surface area contributed by atoms with Crippen molar-refractivity contribution in [2.24, 2.45) is 0 Å². The lowest BCUT2D eigenvalue weighted by molar-refractivity contribution is 0.669. The molecule has 0 saturated carbocycles. The number of rotatable bonds is 4. The molecule has 5 aromatic heterocycles. The molecule has 0 fully saturated rings. The van der Waals surface area contributed by atoms with Crippen LogP contribution in [0, 0.1) is 0 Å². The molecule has 5 nitrogen and oxygen atoms in total. The molecule has 0 amide bonds. The summed E-state index contributed by atoms with van der Waals surface area (Å²) < 4.78 is 13.8. The van der Waals surface area contributed by atoms with Gasteiger partial charge in [0.1, 0.15) is 11.2 Å². The minimum atomic E-state index is 0.632. The maximum Gasteiger partial charge on any atom is 0.165 e. The van der Waals surface area contributed by atoms with E-state index >= 15 is 0 Å². The molecule has 5 heterocycles. The molecule has 13 rings (SSSR count). The number of benzene rings is 8. The highest BCUT2D eigenvalue weighted by Gasteiger charge is 2.24. The molecule has 0 unspecified atom stereocenters. The van der Waals surface area contributed by atoms with Gasteiger partial charge in [-0.25, -0.2) is 15.0 Å². The Hall–Kier alpha value is -7.19. The van der Waals surface area contributed by atoms with Crippen molar-refractivity contribution in [2.75, 3.05) is 0 Å². The second-order valence-corrected chi connectivity index (χ2v) is 16.8. The molecule has 0 spiro atoms. The monoisotopic (exact) mass is 776 g/mol. The van der Waals surface area contributed by atoms with Gasteiger partial charge < -0.3 is 8.98 Å². The van der Waals surface area contributed by atoms with E-state index in [4.69, 9.17) is 19.4 Å². The average molecular weight is 777 g/mol. The Bertz CT molecular complexity index is 3740. The molecule has 0 atom stereocenters. The van der Waals surface area contributed by atoms with E-state index in [0.717, 1.165) is 65.4 Å². The van der Waals surface area contributed by atoms with Crippen LogP contribution in [0.15, 0.2) is 174 Å². The minimum absolute atomic E-state index is 0.632. The Morgan fingerprint density at radius 2 is 1.05 bits per heavy atom. The SMILES string of the molecule is c1ccc(-c2nc(-c3ccccc3)nc(-c3cc(-n4c5ccccc5c5c6sc7ccccc7c6ccc54)cc4c3sc3ccc5oc6ccccc6c5c34)n2)cc1. The highest BCUT2D eigenvalue weighted by molar-refractivity contribution is 7.27. The molecule has 0 N–H and O–H groups in total. The summed E-state index contributed by atoms with van der Waals surface area (Å²) in [6.45, 7) is 0. The first-order chi connectivity index (χ1) is 28.7. The summed E-state index contributed by atoms with van der Waals surface area (Å²) in [5, 5.41) is 9.64. The zero-order valence-corrected chi connectivity index (χ0v) is 32.3. The number of thiophene rings is 2. The number of fused-ring (bicyclic) bond motifs is 14. The Labute approximate surface area is 338 Å². The van der Waals surface area contributed by atoms with Crippen LogP contribution in [0.2, 0.25) is 0 Å². The number of para-hydroxylation sites is 2. The summed E-state index contributed by atoms with van der Waals surface area (Å²) in [6, 6.07) is 59.9. The molecular weight excluding hydrogens is 749 g/mol. The van der Waals surface area contributed by atoms with Crippen LogP contribution >= 0.6 is 22.7 Å². The van der Waals surface area contributed by atoms with Crippen molar-refractivity contribution in [1.82, 2.24) is 19.5 Å². The quantitative estimate of drug-likeness (QED) is 0.179. The van der Waals surface area contributed by atoms with Crippen LogP contribution in [0.3, 0.4) is 0 Å². The van der Waals surface area contributed by atoms with Gasteiger partial charge in [-0.05, 0) is 48.5 Å². The van der Waals surface area contributed by atoms with Gasteiger partial charge >= 0.3 is 0 Å². The number of nitrogens with zero attached hydrogens (tertiary/aromatic N) is 4. The van der Waals surface area contributed by atoms with E-state index in [-0.39, 0.29) is 0 Å². The predicted octanol–water partition coefficient (Wildman–Crippen LogP) is 14.6. The first kappa shape index (κ1) is 32.0. The molecule has 0 radical (unpaired) electrons. The largest absolute Gasteiger partial charge is 0.456 e. The van der Waals surface area contributed by atoms with Gasteiger partial charge in [0.2, 0.25) is 0 Å². The maximum atomic E-state index is 6.47. The van der Waals surface area contributed by atoms with Crippen molar-refractivity contribution in [3.05, 3.63) is 170 Å². The lowest BCUT2D eigenvalue weighted by Gasteiger charge is -2.13. The average Bonchev–Trinajstić information content (AvgIpc) is 4.05. The molecule has 270 valence electrons. The third kappa shape index (κ3) is 4.60. The van der Waals surface area contributed by atoms with Crippen molar-refractivity contribution >= 4 is 107 Å². The minimum Gasteiger partial charge on any atom is -0.456 e. The van der Waals surface area contributed by atoms with Crippen LogP contribution in [0.1, 0.15) is 0 Å². The van der Waals surface area contributed by atoms with Crippen LogP contribution in [0.5, 0.6) is 0 Å². The maximum absolute atomic E-state index is 6.47. The smallest absolute Gasteiger partial charge is 0.165 e. The summed E-state index contributed by atoms with van der Waals surface area (Å²) in [5.74, 6) is 1.90. The second-order valence-electron chi connectivity index (χ2n) is 14.7. The molecule has 0 saturated heterocycles. The van der Waals surface area contributed by atoms with E-state index in [1.807, 2.05) is 53.8 Å². The van der Waals surface area contributed by atoms with E-state index < -0.39 is 0 Å². The van der Waals surface area contributed by atoms with Crippen LogP contribution < -0.4 is 0 Å². The number of hydrogen-bond acceptors (Lipinski definition) is 6. The van der Waals surface area contributed by atoms with E-state index in [2.05, 4.69) is 132 Å². The fourth-order valence-electron chi connectivity index (χ4n) is 8.91. The third-order valence-corrected chi connectivity index (χ3v) is 13.8. The van der Waals surface area contributed by atoms with Gasteiger partial charge in [-0.15, -0.1) is 22.7 Å². The number of hydrogen-bond donors (Lipinski definition) is 0. The summed E-state index contributed by atoms with van der Waals surface area (Å²) in [7, 11) is 0. The molecule has 13 aromatic rings. The van der Waals surface area contributed by atoms with Crippen molar-refractivity contribution in [3.63, 3.8) is 0 Å². The van der Waals surface area contributed by atoms with Crippen molar-refractivity contribution in [2.45, 2.75) is 0 Å². The first-order valence-electron chi connectivity index (χ1n) is 19.3. The summed E-state index contributed by atoms with van der Waals surface area (Å²) in [6.07, 6.45) is 0. The van der Waals surface area contributed by atoms with Crippen molar-refractivity contribution < 1.29 is 4.42 Å². The molecule has 0 bridgehead atoms. The Morgan fingerprint density at radius 3 is 1.84 bits per heavy atom. The van der Waals surface area contributed by atoms with E-state index in [1.165, 1.54) is 41.0 Å². The van der Waals surface area contributed by atoms with Gasteiger partial charge in [0.15, 0.2) is 17.5 Å². The van der Waals surface area contributed by atoms with Crippen LogP contribution in [-0.2, 0) is 0 Å². The lowest BCUT2D eigenvalue weighted by atomic mass is 10.0. The highest BCUT2D eigenvalue weighted by atomic mass is 32.1. The van der Waals surface area contributed by atoms with E-state index in [1.54, 1.807) is 11.3 Å². The Morgan fingerprint density at radius 1 is 0.397 bits per heavy atom. The lowest BCUT2D eigenvalue weighted by Crippen LogP contribution is -2.01. The standard InChI is InChI=1S/C51H28N4OS2/c1-3-13-29(14-4-1)49-52-50(30-15-5-2-6-16-30)54-51(53-49)37-28-31(27-36-46-43(58-47(36)37)26-25-41-45(46)35-19-8-11-21-40(35)56-41)55-38-20-10-7-18-34(38)44-39(55)24-23-33-32-17-9-12-22-42(32)57-48(33)44/h1-28H. The zero-order chi connectivity index (χ0) is 37.9. The van der Waals surface area contributed by atoms with Gasteiger partial charge in [-0.3, -0.25) is 0 Å². The van der Waals surface area contributed by atoms with E-state index in [0.29, 0.717) is 17.5 Å². The molecule has 7 heteroatoms. The summed E-state index contributed by atoms with van der Waals surface area (Å²) in [5.41, 5.74) is 7.95. The van der Waals surface area contributed by atoms with E-state index in [9.17, 15) is 0 Å². The Balaban J connectivity index is 1.19. The molecular formula is C51H28N4OS2. The van der Waals surface area contributed by atoms with Gasteiger partial charge in [0, 0.05) is 84.3 Å². The number of aromatic nitrogens is 4. The van der Waals surface area contributed by atoms with Crippen LogP contribution in [-0.4, -0.2) is 19.5 Å².